The van der Waals surface area contributed by atoms with Gasteiger partial charge in [-0.15, -0.1) is 0 Å². The summed E-state index contributed by atoms with van der Waals surface area (Å²) in [6, 6.07) is 12.0. The van der Waals surface area contributed by atoms with Crippen molar-refractivity contribution in [2.24, 2.45) is 0 Å². The van der Waals surface area contributed by atoms with Crippen molar-refractivity contribution in [3.8, 4) is 11.3 Å². The molecule has 3 aromatic rings. The fourth-order valence-corrected chi connectivity index (χ4v) is 2.81. The Morgan fingerprint density at radius 1 is 0.917 bits per heavy atom. The Kier molecular flexibility index (Phi) is 3.34. The summed E-state index contributed by atoms with van der Waals surface area (Å²) in [4.78, 5) is 4.12. The van der Waals surface area contributed by atoms with E-state index in [0.717, 1.165) is 27.8 Å². The zero-order valence-corrected chi connectivity index (χ0v) is 14.4. The number of nitrogens with zero attached hydrogens (tertiary/aromatic N) is 1. The molecule has 0 spiro atoms. The topological polar surface area (TPSA) is 44.5 Å². The minimum atomic E-state index is -0.344. The van der Waals surface area contributed by atoms with Gasteiger partial charge in [0.05, 0.1) is 11.2 Å². The zero-order chi connectivity index (χ0) is 16.9. The number of hydrogen-bond donors (Lipinski definition) is 0. The van der Waals surface area contributed by atoms with Crippen LogP contribution in [0.1, 0.15) is 27.7 Å². The van der Waals surface area contributed by atoms with Crippen LogP contribution in [-0.2, 0) is 9.31 Å². The second-order valence-corrected chi connectivity index (χ2v) is 7.23. The van der Waals surface area contributed by atoms with E-state index in [1.165, 1.54) is 0 Å². The molecule has 1 aromatic carbocycles. The first kappa shape index (κ1) is 15.4. The van der Waals surface area contributed by atoms with Crippen molar-refractivity contribution in [1.29, 1.82) is 0 Å². The van der Waals surface area contributed by atoms with Gasteiger partial charge in [0, 0.05) is 23.3 Å². The first-order chi connectivity index (χ1) is 11.4. The molecule has 0 N–H and O–H groups in total. The van der Waals surface area contributed by atoms with Crippen LogP contribution < -0.4 is 5.46 Å². The number of fused-ring (bicyclic) bond motifs is 1. The second kappa shape index (κ2) is 5.20. The first-order valence-electron chi connectivity index (χ1n) is 8.15. The molecule has 1 aliphatic heterocycles. The third kappa shape index (κ3) is 2.45. The van der Waals surface area contributed by atoms with Crippen LogP contribution in [0.5, 0.6) is 0 Å². The van der Waals surface area contributed by atoms with Crippen molar-refractivity contribution >= 4 is 23.6 Å². The molecule has 122 valence electrons. The van der Waals surface area contributed by atoms with Crippen molar-refractivity contribution in [3.05, 3.63) is 48.8 Å². The standard InChI is InChI=1S/C19H20BNO3/c1-18(2)19(3,4)24-20(23-18)15-7-5-13(6-8-15)17-11-14-12-21-10-9-16(14)22-17/h5-12H,1-4H3. The molecule has 3 heterocycles. The molecule has 24 heavy (non-hydrogen) atoms. The fraction of sp³-hybridized carbons (Fsp3) is 0.316. The molecular weight excluding hydrogens is 301 g/mol. The molecule has 0 aliphatic carbocycles. The van der Waals surface area contributed by atoms with E-state index in [9.17, 15) is 0 Å². The highest BCUT2D eigenvalue weighted by Crippen LogP contribution is 2.36. The van der Waals surface area contributed by atoms with Crippen molar-refractivity contribution in [2.45, 2.75) is 38.9 Å². The van der Waals surface area contributed by atoms with E-state index in [-0.39, 0.29) is 18.3 Å². The predicted molar refractivity (Wildman–Crippen MR) is 95.2 cm³/mol. The van der Waals surface area contributed by atoms with Gasteiger partial charge in [0.25, 0.3) is 0 Å². The molecule has 4 rings (SSSR count). The molecule has 1 saturated heterocycles. The Morgan fingerprint density at radius 2 is 1.58 bits per heavy atom. The molecule has 0 unspecified atom stereocenters. The normalized spacial score (nSPS) is 19.1. The van der Waals surface area contributed by atoms with Crippen LogP contribution in [0.25, 0.3) is 22.3 Å². The van der Waals surface area contributed by atoms with Crippen LogP contribution in [0, 0.1) is 0 Å². The number of furan rings is 1. The molecule has 5 heteroatoms. The molecule has 1 fully saturated rings. The van der Waals surface area contributed by atoms with Gasteiger partial charge in [-0.05, 0) is 45.3 Å². The largest absolute Gasteiger partial charge is 0.494 e. The summed E-state index contributed by atoms with van der Waals surface area (Å²) in [6.07, 6.45) is 3.54. The maximum Gasteiger partial charge on any atom is 0.494 e. The van der Waals surface area contributed by atoms with E-state index in [1.807, 2.05) is 36.4 Å². The van der Waals surface area contributed by atoms with Gasteiger partial charge >= 0.3 is 7.12 Å². The Bertz CT molecular complexity index is 834. The predicted octanol–water partition coefficient (Wildman–Crippen LogP) is 3.79. The molecule has 0 atom stereocenters. The zero-order valence-electron chi connectivity index (χ0n) is 14.4. The van der Waals surface area contributed by atoms with Gasteiger partial charge in [0.2, 0.25) is 0 Å². The maximum absolute atomic E-state index is 6.09. The average molecular weight is 321 g/mol. The molecule has 0 radical (unpaired) electrons. The molecular formula is C19H20BNO3. The lowest BCUT2D eigenvalue weighted by Crippen LogP contribution is -2.41. The number of rotatable bonds is 2. The molecule has 0 amide bonds. The Hall–Kier alpha value is -2.11. The van der Waals surface area contributed by atoms with Crippen LogP contribution in [-0.4, -0.2) is 23.3 Å². The SMILES string of the molecule is CC1(C)OB(c2ccc(-c3cc4cnccc4o3)cc2)OC1(C)C. The van der Waals surface area contributed by atoms with E-state index in [0.29, 0.717) is 0 Å². The molecule has 4 nitrogen and oxygen atoms in total. The van der Waals surface area contributed by atoms with E-state index >= 15 is 0 Å². The lowest BCUT2D eigenvalue weighted by atomic mass is 9.79. The van der Waals surface area contributed by atoms with Gasteiger partial charge in [-0.3, -0.25) is 4.98 Å². The second-order valence-electron chi connectivity index (χ2n) is 7.23. The van der Waals surface area contributed by atoms with Gasteiger partial charge < -0.3 is 13.7 Å². The number of hydrogen-bond acceptors (Lipinski definition) is 4. The van der Waals surface area contributed by atoms with Crippen LogP contribution in [0.4, 0.5) is 0 Å². The highest BCUT2D eigenvalue weighted by atomic mass is 16.7. The third-order valence-corrected chi connectivity index (χ3v) is 5.04. The van der Waals surface area contributed by atoms with E-state index < -0.39 is 0 Å². The molecule has 2 aromatic heterocycles. The maximum atomic E-state index is 6.09. The minimum absolute atomic E-state index is 0.331. The molecule has 0 bridgehead atoms. The Morgan fingerprint density at radius 3 is 2.21 bits per heavy atom. The Labute approximate surface area is 141 Å². The van der Waals surface area contributed by atoms with Gasteiger partial charge in [-0.2, -0.15) is 0 Å². The van der Waals surface area contributed by atoms with Crippen LogP contribution in [0.3, 0.4) is 0 Å². The van der Waals surface area contributed by atoms with Gasteiger partial charge in [-0.25, -0.2) is 0 Å². The highest BCUT2D eigenvalue weighted by molar-refractivity contribution is 6.62. The van der Waals surface area contributed by atoms with Crippen molar-refractivity contribution in [2.75, 3.05) is 0 Å². The molecule has 1 aliphatic rings. The number of aromatic nitrogens is 1. The van der Waals surface area contributed by atoms with Crippen molar-refractivity contribution in [1.82, 2.24) is 4.98 Å². The van der Waals surface area contributed by atoms with E-state index in [4.69, 9.17) is 13.7 Å². The summed E-state index contributed by atoms with van der Waals surface area (Å²) in [5.41, 5.74) is 2.21. The lowest BCUT2D eigenvalue weighted by molar-refractivity contribution is 0.00578. The van der Waals surface area contributed by atoms with Gasteiger partial charge in [-0.1, -0.05) is 24.3 Å². The number of benzene rings is 1. The van der Waals surface area contributed by atoms with Gasteiger partial charge in [0.15, 0.2) is 0 Å². The monoisotopic (exact) mass is 321 g/mol. The lowest BCUT2D eigenvalue weighted by Gasteiger charge is -2.32. The first-order valence-corrected chi connectivity index (χ1v) is 8.15. The summed E-state index contributed by atoms with van der Waals surface area (Å²) in [5.74, 6) is 0.832. The summed E-state index contributed by atoms with van der Waals surface area (Å²) in [6.45, 7) is 8.24. The smallest absolute Gasteiger partial charge is 0.456 e. The molecule has 0 saturated carbocycles. The minimum Gasteiger partial charge on any atom is -0.456 e. The third-order valence-electron chi connectivity index (χ3n) is 5.04. The average Bonchev–Trinajstić information content (AvgIpc) is 3.06. The Balaban J connectivity index is 1.61. The quantitative estimate of drug-likeness (QED) is 0.674. The van der Waals surface area contributed by atoms with E-state index in [1.54, 1.807) is 12.4 Å². The van der Waals surface area contributed by atoms with E-state index in [2.05, 4.69) is 32.7 Å². The van der Waals surface area contributed by atoms with Crippen LogP contribution in [0.15, 0.2) is 53.2 Å². The fourth-order valence-electron chi connectivity index (χ4n) is 2.81. The van der Waals surface area contributed by atoms with Crippen LogP contribution >= 0.6 is 0 Å². The van der Waals surface area contributed by atoms with Crippen LogP contribution in [0.2, 0.25) is 0 Å². The number of pyridine rings is 1. The van der Waals surface area contributed by atoms with Crippen molar-refractivity contribution in [3.63, 3.8) is 0 Å². The summed E-state index contributed by atoms with van der Waals surface area (Å²) < 4.78 is 18.1. The summed E-state index contributed by atoms with van der Waals surface area (Å²) >= 11 is 0. The summed E-state index contributed by atoms with van der Waals surface area (Å²) in [7, 11) is -0.344. The van der Waals surface area contributed by atoms with Crippen molar-refractivity contribution < 1.29 is 13.7 Å². The highest BCUT2D eigenvalue weighted by Gasteiger charge is 2.51. The van der Waals surface area contributed by atoms with Gasteiger partial charge in [0.1, 0.15) is 11.3 Å². The summed E-state index contributed by atoms with van der Waals surface area (Å²) in [5, 5.41) is 1.00.